The SMILES string of the molecule is Cc1ccc(CCNC(=O)NC2CCN(C)CC2)c(C)c1. The molecule has 1 aliphatic heterocycles. The lowest BCUT2D eigenvalue weighted by atomic mass is 10.0. The summed E-state index contributed by atoms with van der Waals surface area (Å²) in [7, 11) is 2.13. The van der Waals surface area contributed by atoms with Gasteiger partial charge in [0.05, 0.1) is 0 Å². The Labute approximate surface area is 127 Å². The molecule has 0 atom stereocenters. The zero-order valence-electron chi connectivity index (χ0n) is 13.4. The standard InChI is InChI=1S/C17H27N3O/c1-13-4-5-15(14(2)12-13)6-9-18-17(21)19-16-7-10-20(3)11-8-16/h4-5,12,16H,6-11H2,1-3H3,(H2,18,19,21). The van der Waals surface area contributed by atoms with Crippen LogP contribution in [0, 0.1) is 13.8 Å². The third-order valence-electron chi connectivity index (χ3n) is 4.23. The third kappa shape index (κ3) is 5.05. The summed E-state index contributed by atoms with van der Waals surface area (Å²) in [6, 6.07) is 6.76. The number of likely N-dealkylation sites (tertiary alicyclic amines) is 1. The molecule has 2 N–H and O–H groups in total. The van der Waals surface area contributed by atoms with Crippen molar-refractivity contribution in [2.75, 3.05) is 26.7 Å². The number of benzene rings is 1. The number of nitrogens with one attached hydrogen (secondary N) is 2. The van der Waals surface area contributed by atoms with Crippen LogP contribution in [0.1, 0.15) is 29.5 Å². The fourth-order valence-electron chi connectivity index (χ4n) is 2.83. The van der Waals surface area contributed by atoms with E-state index in [9.17, 15) is 4.79 Å². The van der Waals surface area contributed by atoms with E-state index in [4.69, 9.17) is 0 Å². The van der Waals surface area contributed by atoms with Gasteiger partial charge in [-0.25, -0.2) is 4.79 Å². The van der Waals surface area contributed by atoms with E-state index in [0.717, 1.165) is 32.4 Å². The van der Waals surface area contributed by atoms with E-state index in [1.54, 1.807) is 0 Å². The molecule has 4 heteroatoms. The third-order valence-corrected chi connectivity index (χ3v) is 4.23. The number of hydrogen-bond acceptors (Lipinski definition) is 2. The van der Waals surface area contributed by atoms with Crippen molar-refractivity contribution in [3.8, 4) is 0 Å². The zero-order chi connectivity index (χ0) is 15.2. The molecule has 0 radical (unpaired) electrons. The Bertz CT molecular complexity index is 479. The summed E-state index contributed by atoms with van der Waals surface area (Å²) < 4.78 is 0. The Morgan fingerprint density at radius 3 is 2.67 bits per heavy atom. The van der Waals surface area contributed by atoms with Gasteiger partial charge in [-0.2, -0.15) is 0 Å². The highest BCUT2D eigenvalue weighted by Gasteiger charge is 2.17. The molecule has 4 nitrogen and oxygen atoms in total. The fourth-order valence-corrected chi connectivity index (χ4v) is 2.83. The van der Waals surface area contributed by atoms with Gasteiger partial charge in [-0.05, 0) is 64.4 Å². The Morgan fingerprint density at radius 2 is 2.00 bits per heavy atom. The highest BCUT2D eigenvalue weighted by atomic mass is 16.2. The molecular formula is C17H27N3O. The van der Waals surface area contributed by atoms with Crippen molar-refractivity contribution in [3.05, 3.63) is 34.9 Å². The van der Waals surface area contributed by atoms with Gasteiger partial charge in [0, 0.05) is 12.6 Å². The molecule has 2 amide bonds. The van der Waals surface area contributed by atoms with Crippen molar-refractivity contribution in [1.82, 2.24) is 15.5 Å². The molecule has 1 aromatic rings. The summed E-state index contributed by atoms with van der Waals surface area (Å²) in [5.41, 5.74) is 3.89. The van der Waals surface area contributed by atoms with Crippen molar-refractivity contribution in [2.24, 2.45) is 0 Å². The van der Waals surface area contributed by atoms with Crippen LogP contribution in [0.2, 0.25) is 0 Å². The highest BCUT2D eigenvalue weighted by molar-refractivity contribution is 5.74. The Kier molecular flexibility index (Phi) is 5.62. The van der Waals surface area contributed by atoms with Crippen LogP contribution in [0.25, 0.3) is 0 Å². The Balaban J connectivity index is 1.69. The van der Waals surface area contributed by atoms with Crippen molar-refractivity contribution >= 4 is 6.03 Å². The van der Waals surface area contributed by atoms with Crippen molar-refractivity contribution < 1.29 is 4.79 Å². The average molecular weight is 289 g/mol. The van der Waals surface area contributed by atoms with Gasteiger partial charge in [0.1, 0.15) is 0 Å². The molecule has 2 rings (SSSR count). The lowest BCUT2D eigenvalue weighted by Crippen LogP contribution is -2.47. The molecule has 21 heavy (non-hydrogen) atoms. The number of hydrogen-bond donors (Lipinski definition) is 2. The maximum Gasteiger partial charge on any atom is 0.315 e. The first-order chi connectivity index (χ1) is 10.0. The Morgan fingerprint density at radius 1 is 1.29 bits per heavy atom. The molecule has 1 saturated heterocycles. The molecule has 1 fully saturated rings. The molecule has 0 aromatic heterocycles. The van der Waals surface area contributed by atoms with Gasteiger partial charge in [0.2, 0.25) is 0 Å². The summed E-state index contributed by atoms with van der Waals surface area (Å²) in [6.45, 7) is 7.04. The van der Waals surface area contributed by atoms with Crippen LogP contribution in [0.4, 0.5) is 4.79 Å². The number of carbonyl (C=O) groups is 1. The lowest BCUT2D eigenvalue weighted by molar-refractivity contribution is 0.214. The van der Waals surface area contributed by atoms with Gasteiger partial charge in [-0.1, -0.05) is 23.8 Å². The molecule has 1 aromatic carbocycles. The van der Waals surface area contributed by atoms with E-state index in [-0.39, 0.29) is 6.03 Å². The van der Waals surface area contributed by atoms with E-state index in [1.807, 2.05) is 0 Å². The smallest absolute Gasteiger partial charge is 0.315 e. The van der Waals surface area contributed by atoms with E-state index in [2.05, 4.69) is 54.6 Å². The molecule has 0 bridgehead atoms. The second-order valence-electron chi connectivity index (χ2n) is 6.16. The minimum Gasteiger partial charge on any atom is -0.338 e. The molecule has 1 aliphatic rings. The predicted octanol–water partition coefficient (Wildman–Crippen LogP) is 2.24. The van der Waals surface area contributed by atoms with Crippen molar-refractivity contribution in [2.45, 2.75) is 39.2 Å². The molecular weight excluding hydrogens is 262 g/mol. The maximum absolute atomic E-state index is 11.9. The van der Waals surface area contributed by atoms with E-state index < -0.39 is 0 Å². The van der Waals surface area contributed by atoms with Crippen LogP contribution in [0.3, 0.4) is 0 Å². The van der Waals surface area contributed by atoms with Crippen LogP contribution in [0.15, 0.2) is 18.2 Å². The number of carbonyl (C=O) groups excluding carboxylic acids is 1. The first-order valence-electron chi connectivity index (χ1n) is 7.83. The minimum absolute atomic E-state index is 0.0330. The largest absolute Gasteiger partial charge is 0.338 e. The number of rotatable bonds is 4. The fraction of sp³-hybridized carbons (Fsp3) is 0.588. The summed E-state index contributed by atoms with van der Waals surface area (Å²) in [5, 5.41) is 6.04. The molecule has 0 unspecified atom stereocenters. The number of piperidine rings is 1. The Hall–Kier alpha value is -1.55. The summed E-state index contributed by atoms with van der Waals surface area (Å²) in [5.74, 6) is 0. The first kappa shape index (κ1) is 15.8. The summed E-state index contributed by atoms with van der Waals surface area (Å²) in [6.07, 6.45) is 2.97. The molecule has 0 aliphatic carbocycles. The number of amides is 2. The first-order valence-corrected chi connectivity index (χ1v) is 7.83. The maximum atomic E-state index is 11.9. The number of urea groups is 1. The van der Waals surface area contributed by atoms with Crippen LogP contribution < -0.4 is 10.6 Å². The van der Waals surface area contributed by atoms with Crippen molar-refractivity contribution in [3.63, 3.8) is 0 Å². The van der Waals surface area contributed by atoms with E-state index in [0.29, 0.717) is 12.6 Å². The van der Waals surface area contributed by atoms with Crippen LogP contribution in [-0.4, -0.2) is 43.7 Å². The van der Waals surface area contributed by atoms with Crippen LogP contribution in [0.5, 0.6) is 0 Å². The second-order valence-corrected chi connectivity index (χ2v) is 6.16. The molecule has 0 spiro atoms. The lowest BCUT2D eigenvalue weighted by Gasteiger charge is -2.29. The number of nitrogens with zero attached hydrogens (tertiary/aromatic N) is 1. The van der Waals surface area contributed by atoms with E-state index in [1.165, 1.54) is 16.7 Å². The van der Waals surface area contributed by atoms with Crippen LogP contribution in [-0.2, 0) is 6.42 Å². The van der Waals surface area contributed by atoms with Gasteiger partial charge in [-0.15, -0.1) is 0 Å². The normalized spacial score (nSPS) is 16.7. The average Bonchev–Trinajstić information content (AvgIpc) is 2.44. The van der Waals surface area contributed by atoms with Crippen LogP contribution >= 0.6 is 0 Å². The quantitative estimate of drug-likeness (QED) is 0.893. The highest BCUT2D eigenvalue weighted by Crippen LogP contribution is 2.11. The van der Waals surface area contributed by atoms with Gasteiger partial charge >= 0.3 is 6.03 Å². The van der Waals surface area contributed by atoms with Gasteiger partial charge in [-0.3, -0.25) is 0 Å². The monoisotopic (exact) mass is 289 g/mol. The van der Waals surface area contributed by atoms with Gasteiger partial charge < -0.3 is 15.5 Å². The van der Waals surface area contributed by atoms with E-state index >= 15 is 0 Å². The topological polar surface area (TPSA) is 44.4 Å². The molecule has 116 valence electrons. The molecule has 1 heterocycles. The zero-order valence-corrected chi connectivity index (χ0v) is 13.4. The minimum atomic E-state index is -0.0330. The van der Waals surface area contributed by atoms with Gasteiger partial charge in [0.15, 0.2) is 0 Å². The summed E-state index contributed by atoms with van der Waals surface area (Å²) in [4.78, 5) is 14.2. The molecule has 0 saturated carbocycles. The second kappa shape index (κ2) is 7.46. The number of aryl methyl sites for hydroxylation is 2. The van der Waals surface area contributed by atoms with Gasteiger partial charge in [0.25, 0.3) is 0 Å². The predicted molar refractivity (Wildman–Crippen MR) is 86.7 cm³/mol. The summed E-state index contributed by atoms with van der Waals surface area (Å²) >= 11 is 0. The van der Waals surface area contributed by atoms with Crippen molar-refractivity contribution in [1.29, 1.82) is 0 Å².